The van der Waals surface area contributed by atoms with Crippen LogP contribution in [0.5, 0.6) is 11.5 Å². The SMILES string of the molecule is COc1cc(C2OC(C)CC(C)(C)O2)ccc1O. The highest BCUT2D eigenvalue weighted by Gasteiger charge is 2.34. The summed E-state index contributed by atoms with van der Waals surface area (Å²) in [5.74, 6) is 0.542. The fourth-order valence-electron chi connectivity index (χ4n) is 2.30. The van der Waals surface area contributed by atoms with Crippen LogP contribution in [0.4, 0.5) is 0 Å². The predicted molar refractivity (Wildman–Crippen MR) is 67.7 cm³/mol. The van der Waals surface area contributed by atoms with Crippen LogP contribution in [0.1, 0.15) is 39.0 Å². The Morgan fingerprint density at radius 2 is 2.11 bits per heavy atom. The van der Waals surface area contributed by atoms with Gasteiger partial charge in [-0.2, -0.15) is 0 Å². The first-order valence-corrected chi connectivity index (χ1v) is 6.11. The number of rotatable bonds is 2. The lowest BCUT2D eigenvalue weighted by Gasteiger charge is -2.39. The van der Waals surface area contributed by atoms with Gasteiger partial charge in [0.05, 0.1) is 18.8 Å². The molecule has 1 aromatic rings. The van der Waals surface area contributed by atoms with Gasteiger partial charge in [-0.05, 0) is 32.9 Å². The van der Waals surface area contributed by atoms with Gasteiger partial charge in [-0.15, -0.1) is 0 Å². The summed E-state index contributed by atoms with van der Waals surface area (Å²) in [6.45, 7) is 6.14. The van der Waals surface area contributed by atoms with Crippen molar-refractivity contribution in [1.29, 1.82) is 0 Å². The minimum atomic E-state index is -0.418. The van der Waals surface area contributed by atoms with E-state index in [2.05, 4.69) is 13.8 Å². The second-order valence-electron chi connectivity index (χ2n) is 5.29. The Hall–Kier alpha value is -1.26. The van der Waals surface area contributed by atoms with Crippen molar-refractivity contribution in [2.75, 3.05) is 7.11 Å². The molecule has 4 heteroatoms. The number of methoxy groups -OCH3 is 1. The zero-order valence-electron chi connectivity index (χ0n) is 11.3. The summed E-state index contributed by atoms with van der Waals surface area (Å²) in [5.41, 5.74) is 0.636. The van der Waals surface area contributed by atoms with Crippen molar-refractivity contribution in [2.45, 2.75) is 45.2 Å². The van der Waals surface area contributed by atoms with Gasteiger partial charge in [0, 0.05) is 12.0 Å². The van der Waals surface area contributed by atoms with E-state index < -0.39 is 6.29 Å². The molecule has 2 rings (SSSR count). The van der Waals surface area contributed by atoms with E-state index in [1.807, 2.05) is 6.92 Å². The molecule has 1 aliphatic heterocycles. The van der Waals surface area contributed by atoms with E-state index in [1.54, 1.807) is 18.2 Å². The van der Waals surface area contributed by atoms with Crippen LogP contribution in [0.2, 0.25) is 0 Å². The predicted octanol–water partition coefficient (Wildman–Crippen LogP) is 3.00. The Kier molecular flexibility index (Phi) is 3.50. The van der Waals surface area contributed by atoms with Gasteiger partial charge in [0.1, 0.15) is 0 Å². The van der Waals surface area contributed by atoms with Crippen molar-refractivity contribution in [3.8, 4) is 11.5 Å². The van der Waals surface area contributed by atoms with Crippen LogP contribution in [0.3, 0.4) is 0 Å². The molecule has 0 bridgehead atoms. The monoisotopic (exact) mass is 252 g/mol. The Morgan fingerprint density at radius 3 is 2.72 bits per heavy atom. The standard InChI is InChI=1S/C14H20O4/c1-9-8-14(2,3)18-13(17-9)10-5-6-11(15)12(7-10)16-4/h5-7,9,13,15H,8H2,1-4H3. The lowest BCUT2D eigenvalue weighted by atomic mass is 9.99. The molecule has 2 unspecified atom stereocenters. The third kappa shape index (κ3) is 2.76. The molecule has 1 aromatic carbocycles. The van der Waals surface area contributed by atoms with Crippen LogP contribution in [0.15, 0.2) is 18.2 Å². The normalized spacial score (nSPS) is 26.9. The fraction of sp³-hybridized carbons (Fsp3) is 0.571. The molecular formula is C14H20O4. The molecule has 1 saturated heterocycles. The highest BCUT2D eigenvalue weighted by atomic mass is 16.7. The molecular weight excluding hydrogens is 232 g/mol. The van der Waals surface area contributed by atoms with E-state index >= 15 is 0 Å². The first-order valence-electron chi connectivity index (χ1n) is 6.11. The van der Waals surface area contributed by atoms with E-state index in [0.29, 0.717) is 5.75 Å². The maximum absolute atomic E-state index is 9.58. The third-order valence-electron chi connectivity index (χ3n) is 3.04. The summed E-state index contributed by atoms with van der Waals surface area (Å²) in [5, 5.41) is 9.58. The number of benzene rings is 1. The van der Waals surface area contributed by atoms with E-state index in [9.17, 15) is 5.11 Å². The van der Waals surface area contributed by atoms with Gasteiger partial charge in [0.15, 0.2) is 17.8 Å². The molecule has 0 saturated carbocycles. The van der Waals surface area contributed by atoms with Crippen molar-refractivity contribution in [2.24, 2.45) is 0 Å². The largest absolute Gasteiger partial charge is 0.504 e. The zero-order chi connectivity index (χ0) is 13.3. The number of ether oxygens (including phenoxy) is 3. The van der Waals surface area contributed by atoms with E-state index in [4.69, 9.17) is 14.2 Å². The summed E-state index contributed by atoms with van der Waals surface area (Å²) in [6.07, 6.45) is 0.579. The minimum Gasteiger partial charge on any atom is -0.504 e. The summed E-state index contributed by atoms with van der Waals surface area (Å²) < 4.78 is 16.8. The van der Waals surface area contributed by atoms with Crippen molar-refractivity contribution in [1.82, 2.24) is 0 Å². The molecule has 1 N–H and O–H groups in total. The van der Waals surface area contributed by atoms with Crippen molar-refractivity contribution >= 4 is 0 Å². The third-order valence-corrected chi connectivity index (χ3v) is 3.04. The highest BCUT2D eigenvalue weighted by Crippen LogP contribution is 2.38. The Bertz CT molecular complexity index is 428. The van der Waals surface area contributed by atoms with Gasteiger partial charge < -0.3 is 19.3 Å². The van der Waals surface area contributed by atoms with Gasteiger partial charge in [-0.3, -0.25) is 0 Å². The molecule has 0 aliphatic carbocycles. The van der Waals surface area contributed by atoms with E-state index in [-0.39, 0.29) is 17.5 Å². The Labute approximate surface area is 107 Å². The molecule has 0 spiro atoms. The molecule has 100 valence electrons. The fourth-order valence-corrected chi connectivity index (χ4v) is 2.30. The van der Waals surface area contributed by atoms with Crippen LogP contribution in [-0.4, -0.2) is 23.9 Å². The van der Waals surface area contributed by atoms with E-state index in [0.717, 1.165) is 12.0 Å². The summed E-state index contributed by atoms with van der Waals surface area (Å²) in [7, 11) is 1.52. The second kappa shape index (κ2) is 4.78. The Balaban J connectivity index is 2.25. The number of phenolic OH excluding ortho intramolecular Hbond substituents is 1. The molecule has 0 amide bonds. The first kappa shape index (κ1) is 13.2. The lowest BCUT2D eigenvalue weighted by molar-refractivity contribution is -0.273. The number of aromatic hydroxyl groups is 1. The van der Waals surface area contributed by atoms with Crippen LogP contribution < -0.4 is 4.74 Å². The van der Waals surface area contributed by atoms with Gasteiger partial charge in [-0.25, -0.2) is 0 Å². The zero-order valence-corrected chi connectivity index (χ0v) is 11.3. The molecule has 1 heterocycles. The molecule has 0 aromatic heterocycles. The van der Waals surface area contributed by atoms with Gasteiger partial charge in [0.25, 0.3) is 0 Å². The van der Waals surface area contributed by atoms with E-state index in [1.165, 1.54) is 7.11 Å². The van der Waals surface area contributed by atoms with Crippen molar-refractivity contribution in [3.05, 3.63) is 23.8 Å². The van der Waals surface area contributed by atoms with Gasteiger partial charge in [0.2, 0.25) is 0 Å². The lowest BCUT2D eigenvalue weighted by Crippen LogP contribution is -2.38. The molecule has 2 atom stereocenters. The number of hydrogen-bond donors (Lipinski definition) is 1. The highest BCUT2D eigenvalue weighted by molar-refractivity contribution is 5.42. The molecule has 1 aliphatic rings. The smallest absolute Gasteiger partial charge is 0.184 e. The minimum absolute atomic E-state index is 0.115. The summed E-state index contributed by atoms with van der Waals surface area (Å²) >= 11 is 0. The maximum atomic E-state index is 9.58. The second-order valence-corrected chi connectivity index (χ2v) is 5.29. The van der Waals surface area contributed by atoms with Crippen LogP contribution in [-0.2, 0) is 9.47 Å². The summed E-state index contributed by atoms with van der Waals surface area (Å²) in [6, 6.07) is 5.12. The Morgan fingerprint density at radius 1 is 1.39 bits per heavy atom. The quantitative estimate of drug-likeness (QED) is 0.879. The van der Waals surface area contributed by atoms with Gasteiger partial charge in [-0.1, -0.05) is 6.07 Å². The molecule has 0 radical (unpaired) electrons. The number of phenols is 1. The van der Waals surface area contributed by atoms with Crippen LogP contribution >= 0.6 is 0 Å². The van der Waals surface area contributed by atoms with Gasteiger partial charge >= 0.3 is 0 Å². The molecule has 4 nitrogen and oxygen atoms in total. The average Bonchev–Trinajstić information content (AvgIpc) is 2.27. The number of hydrogen-bond acceptors (Lipinski definition) is 4. The molecule has 1 fully saturated rings. The maximum Gasteiger partial charge on any atom is 0.184 e. The molecule has 18 heavy (non-hydrogen) atoms. The van der Waals surface area contributed by atoms with Crippen molar-refractivity contribution in [3.63, 3.8) is 0 Å². The van der Waals surface area contributed by atoms with Crippen LogP contribution in [0.25, 0.3) is 0 Å². The summed E-state index contributed by atoms with van der Waals surface area (Å²) in [4.78, 5) is 0. The topological polar surface area (TPSA) is 47.9 Å². The van der Waals surface area contributed by atoms with Crippen molar-refractivity contribution < 1.29 is 19.3 Å². The average molecular weight is 252 g/mol. The van der Waals surface area contributed by atoms with Crippen LogP contribution in [0, 0.1) is 0 Å². The first-order chi connectivity index (χ1) is 8.41.